The van der Waals surface area contributed by atoms with Gasteiger partial charge in [-0.1, -0.05) is 0 Å². The molecule has 1 heterocycles. The Bertz CT molecular complexity index is 487. The summed E-state index contributed by atoms with van der Waals surface area (Å²) in [6.45, 7) is 2.93. The van der Waals surface area contributed by atoms with Crippen LogP contribution in [0.5, 0.6) is 0 Å². The third-order valence-electron chi connectivity index (χ3n) is 2.63. The van der Waals surface area contributed by atoms with E-state index >= 15 is 0 Å². The molecule has 1 aromatic heterocycles. The van der Waals surface area contributed by atoms with E-state index in [2.05, 4.69) is 4.98 Å². The van der Waals surface area contributed by atoms with Gasteiger partial charge in [-0.3, -0.25) is 0 Å². The number of aromatic nitrogens is 1. The average molecular weight is 276 g/mol. The summed E-state index contributed by atoms with van der Waals surface area (Å²) < 4.78 is 36.6. The van der Waals surface area contributed by atoms with Gasteiger partial charge in [-0.15, -0.1) is 0 Å². The molecule has 19 heavy (non-hydrogen) atoms. The van der Waals surface area contributed by atoms with Gasteiger partial charge in [-0.2, -0.15) is 13.2 Å². The van der Waals surface area contributed by atoms with Crippen molar-refractivity contribution in [3.8, 4) is 0 Å². The molecule has 4 nitrogen and oxygen atoms in total. The molecule has 0 unspecified atom stereocenters. The Kier molecular flexibility index (Phi) is 4.39. The van der Waals surface area contributed by atoms with Gasteiger partial charge in [0.15, 0.2) is 0 Å². The van der Waals surface area contributed by atoms with E-state index < -0.39 is 18.6 Å². The fourth-order valence-corrected chi connectivity index (χ4v) is 1.76. The maximum absolute atomic E-state index is 12.2. The Morgan fingerprint density at radius 1 is 1.42 bits per heavy atom. The van der Waals surface area contributed by atoms with Crippen LogP contribution in [0.25, 0.3) is 0 Å². The molecule has 0 radical (unpaired) electrons. The highest BCUT2D eigenvalue weighted by atomic mass is 19.4. The molecule has 0 amide bonds. The van der Waals surface area contributed by atoms with Crippen molar-refractivity contribution in [3.05, 3.63) is 22.9 Å². The lowest BCUT2D eigenvalue weighted by atomic mass is 10.1. The largest absolute Gasteiger partial charge is 0.478 e. The van der Waals surface area contributed by atoms with Crippen LogP contribution in [0.4, 0.5) is 19.0 Å². The zero-order chi connectivity index (χ0) is 14.8. The SMILES string of the molecule is Cc1cc(C)c(C(=O)O)c(N(C)CCC(F)(F)F)n1. The maximum Gasteiger partial charge on any atom is 0.390 e. The zero-order valence-electron chi connectivity index (χ0n) is 10.9. The molecular formula is C12H15F3N2O2. The van der Waals surface area contributed by atoms with Crippen LogP contribution >= 0.6 is 0 Å². The molecule has 0 atom stereocenters. The number of halogens is 3. The first-order valence-corrected chi connectivity index (χ1v) is 5.61. The van der Waals surface area contributed by atoms with Gasteiger partial charge >= 0.3 is 12.1 Å². The molecule has 1 rings (SSSR count). The lowest BCUT2D eigenvalue weighted by Gasteiger charge is -2.22. The van der Waals surface area contributed by atoms with Crippen molar-refractivity contribution in [1.82, 2.24) is 4.98 Å². The number of aromatic carboxylic acids is 1. The van der Waals surface area contributed by atoms with Crippen molar-refractivity contribution in [2.75, 3.05) is 18.5 Å². The topological polar surface area (TPSA) is 53.4 Å². The second-order valence-corrected chi connectivity index (χ2v) is 4.37. The lowest BCUT2D eigenvalue weighted by Crippen LogP contribution is -2.27. The van der Waals surface area contributed by atoms with Gasteiger partial charge in [0.05, 0.1) is 6.42 Å². The van der Waals surface area contributed by atoms with Gasteiger partial charge in [-0.25, -0.2) is 9.78 Å². The second-order valence-electron chi connectivity index (χ2n) is 4.37. The first-order chi connectivity index (χ1) is 8.61. The lowest BCUT2D eigenvalue weighted by molar-refractivity contribution is -0.132. The number of alkyl halides is 3. The first kappa shape index (κ1) is 15.3. The van der Waals surface area contributed by atoms with E-state index in [1.165, 1.54) is 11.9 Å². The third kappa shape index (κ3) is 4.11. The zero-order valence-corrected chi connectivity index (χ0v) is 10.9. The van der Waals surface area contributed by atoms with Gasteiger partial charge in [0, 0.05) is 19.3 Å². The summed E-state index contributed by atoms with van der Waals surface area (Å²) in [4.78, 5) is 16.4. The number of nitrogens with zero attached hydrogens (tertiary/aromatic N) is 2. The number of hydrogen-bond acceptors (Lipinski definition) is 3. The number of anilines is 1. The number of rotatable bonds is 4. The highest BCUT2D eigenvalue weighted by molar-refractivity contribution is 5.95. The van der Waals surface area contributed by atoms with Crippen LogP contribution in [0.15, 0.2) is 6.07 Å². The predicted octanol–water partition coefficient (Wildman–Crippen LogP) is 2.79. The van der Waals surface area contributed by atoms with Crippen LogP contribution in [0.3, 0.4) is 0 Å². The Balaban J connectivity index is 3.08. The van der Waals surface area contributed by atoms with Crippen LogP contribution < -0.4 is 4.90 Å². The van der Waals surface area contributed by atoms with E-state index in [0.29, 0.717) is 11.3 Å². The molecule has 0 saturated heterocycles. The van der Waals surface area contributed by atoms with Crippen LogP contribution in [0, 0.1) is 13.8 Å². The van der Waals surface area contributed by atoms with Crippen LogP contribution in [0.2, 0.25) is 0 Å². The van der Waals surface area contributed by atoms with E-state index in [-0.39, 0.29) is 17.9 Å². The number of carbonyl (C=O) groups is 1. The smallest absolute Gasteiger partial charge is 0.390 e. The minimum Gasteiger partial charge on any atom is -0.478 e. The summed E-state index contributed by atoms with van der Waals surface area (Å²) in [5.74, 6) is -1.13. The normalized spacial score (nSPS) is 11.5. The maximum atomic E-state index is 12.2. The van der Waals surface area contributed by atoms with Gasteiger partial charge in [0.1, 0.15) is 11.4 Å². The molecule has 0 spiro atoms. The molecule has 0 bridgehead atoms. The number of aryl methyl sites for hydroxylation is 2. The van der Waals surface area contributed by atoms with Crippen LogP contribution in [0.1, 0.15) is 28.0 Å². The summed E-state index contributed by atoms with van der Waals surface area (Å²) in [6, 6.07) is 1.59. The molecule has 0 aliphatic heterocycles. The van der Waals surface area contributed by atoms with Gasteiger partial charge in [-0.05, 0) is 25.5 Å². The van der Waals surface area contributed by atoms with Crippen LogP contribution in [-0.4, -0.2) is 35.8 Å². The van der Waals surface area contributed by atoms with E-state index in [4.69, 9.17) is 5.11 Å². The van der Waals surface area contributed by atoms with Crippen molar-refractivity contribution >= 4 is 11.8 Å². The number of carboxylic acid groups (broad SMARTS) is 1. The summed E-state index contributed by atoms with van der Waals surface area (Å²) >= 11 is 0. The molecule has 0 fully saturated rings. The number of carboxylic acids is 1. The summed E-state index contributed by atoms with van der Waals surface area (Å²) in [5.41, 5.74) is 0.987. The minimum absolute atomic E-state index is 0.0599. The van der Waals surface area contributed by atoms with Crippen LogP contribution in [-0.2, 0) is 0 Å². The molecule has 1 aromatic rings. The summed E-state index contributed by atoms with van der Waals surface area (Å²) in [6.07, 6.45) is -5.30. The average Bonchev–Trinajstić information content (AvgIpc) is 2.22. The van der Waals surface area contributed by atoms with Gasteiger partial charge in [0.25, 0.3) is 0 Å². The predicted molar refractivity (Wildman–Crippen MR) is 64.6 cm³/mol. The van der Waals surface area contributed by atoms with Crippen molar-refractivity contribution in [3.63, 3.8) is 0 Å². The Hall–Kier alpha value is -1.79. The second kappa shape index (κ2) is 5.46. The monoisotopic (exact) mass is 276 g/mol. The summed E-state index contributed by atoms with van der Waals surface area (Å²) in [7, 11) is 1.40. The van der Waals surface area contributed by atoms with E-state index in [0.717, 1.165) is 0 Å². The Labute approximate surface area is 108 Å². The van der Waals surface area contributed by atoms with Gasteiger partial charge < -0.3 is 10.0 Å². The molecule has 0 aliphatic carbocycles. The molecule has 7 heteroatoms. The highest BCUT2D eigenvalue weighted by Gasteiger charge is 2.28. The van der Waals surface area contributed by atoms with Crippen molar-refractivity contribution in [2.24, 2.45) is 0 Å². The van der Waals surface area contributed by atoms with Crippen molar-refractivity contribution in [2.45, 2.75) is 26.4 Å². The number of hydrogen-bond donors (Lipinski definition) is 1. The third-order valence-corrected chi connectivity index (χ3v) is 2.63. The fourth-order valence-electron chi connectivity index (χ4n) is 1.76. The Morgan fingerprint density at radius 2 is 2.00 bits per heavy atom. The molecular weight excluding hydrogens is 261 g/mol. The Morgan fingerprint density at radius 3 is 2.47 bits per heavy atom. The molecule has 1 N–H and O–H groups in total. The quantitative estimate of drug-likeness (QED) is 0.918. The van der Waals surface area contributed by atoms with Crippen molar-refractivity contribution < 1.29 is 23.1 Å². The summed E-state index contributed by atoms with van der Waals surface area (Å²) in [5, 5.41) is 9.13. The molecule has 106 valence electrons. The molecule has 0 aliphatic rings. The van der Waals surface area contributed by atoms with Gasteiger partial charge in [0.2, 0.25) is 0 Å². The van der Waals surface area contributed by atoms with E-state index in [9.17, 15) is 18.0 Å². The fraction of sp³-hybridized carbons (Fsp3) is 0.500. The standard InChI is InChI=1S/C12H15F3N2O2/c1-7-6-8(2)16-10(9(7)11(18)19)17(3)5-4-12(13,14)15/h6H,4-5H2,1-3H3,(H,18,19). The highest BCUT2D eigenvalue weighted by Crippen LogP contribution is 2.25. The number of pyridine rings is 1. The minimum atomic E-state index is -4.28. The van der Waals surface area contributed by atoms with E-state index in [1.54, 1.807) is 19.9 Å². The van der Waals surface area contributed by atoms with E-state index in [1.807, 2.05) is 0 Å². The molecule has 0 saturated carbocycles. The molecule has 0 aromatic carbocycles. The van der Waals surface area contributed by atoms with Crippen molar-refractivity contribution in [1.29, 1.82) is 0 Å². The first-order valence-electron chi connectivity index (χ1n) is 5.61.